The lowest BCUT2D eigenvalue weighted by Crippen LogP contribution is -2.20. The van der Waals surface area contributed by atoms with E-state index in [9.17, 15) is 4.57 Å². The zero-order chi connectivity index (χ0) is 8.10. The molecular formula is C8H15O2P. The maximum absolute atomic E-state index is 10.1. The molecular weight excluding hydrogens is 159 g/mol. The van der Waals surface area contributed by atoms with E-state index in [1.807, 2.05) is 6.92 Å². The van der Waals surface area contributed by atoms with Gasteiger partial charge in [-0.1, -0.05) is 19.3 Å². The highest BCUT2D eigenvalue weighted by Crippen LogP contribution is 2.28. The van der Waals surface area contributed by atoms with E-state index in [4.69, 9.17) is 4.52 Å². The first-order chi connectivity index (χ1) is 5.34. The third-order valence-corrected chi connectivity index (χ3v) is 2.94. The Kier molecular flexibility index (Phi) is 4.03. The minimum Gasteiger partial charge on any atom is -0.291 e. The summed E-state index contributed by atoms with van der Waals surface area (Å²) in [6, 6.07) is 0. The van der Waals surface area contributed by atoms with Gasteiger partial charge in [-0.25, -0.2) is 4.57 Å². The molecule has 1 aliphatic rings. The number of hydrogen-bond acceptors (Lipinski definition) is 2. The van der Waals surface area contributed by atoms with Crippen molar-refractivity contribution in [3.8, 4) is 0 Å². The Morgan fingerprint density at radius 2 is 2.00 bits per heavy atom. The molecule has 1 fully saturated rings. The van der Waals surface area contributed by atoms with Gasteiger partial charge in [-0.15, -0.1) is 0 Å². The third-order valence-electron chi connectivity index (χ3n) is 2.52. The van der Waals surface area contributed by atoms with E-state index in [1.54, 1.807) is 0 Å². The fraction of sp³-hybridized carbons (Fsp3) is 1.00. The Bertz CT molecular complexity index is 121. The predicted molar refractivity (Wildman–Crippen MR) is 44.7 cm³/mol. The van der Waals surface area contributed by atoms with Crippen LogP contribution in [-0.2, 0) is 9.09 Å². The van der Waals surface area contributed by atoms with Crippen LogP contribution in [0.25, 0.3) is 0 Å². The van der Waals surface area contributed by atoms with Crippen LogP contribution in [-0.4, -0.2) is 6.10 Å². The van der Waals surface area contributed by atoms with Gasteiger partial charge in [-0.3, -0.25) is 4.52 Å². The molecule has 2 nitrogen and oxygen atoms in total. The summed E-state index contributed by atoms with van der Waals surface area (Å²) in [5.74, 6) is 0.644. The quantitative estimate of drug-likeness (QED) is 0.614. The first-order valence-corrected chi connectivity index (χ1v) is 5.06. The van der Waals surface area contributed by atoms with E-state index in [0.717, 1.165) is 0 Å². The Morgan fingerprint density at radius 1 is 1.36 bits per heavy atom. The van der Waals surface area contributed by atoms with E-state index < -0.39 is 0 Å². The Morgan fingerprint density at radius 3 is 2.55 bits per heavy atom. The molecule has 0 amide bonds. The number of rotatable bonds is 3. The third kappa shape index (κ3) is 2.88. The highest BCUT2D eigenvalue weighted by molar-refractivity contribution is 7.17. The Balaban J connectivity index is 2.26. The van der Waals surface area contributed by atoms with Crippen LogP contribution < -0.4 is 0 Å². The smallest absolute Gasteiger partial charge is 0.291 e. The molecule has 1 saturated carbocycles. The molecule has 0 aliphatic heterocycles. The average molecular weight is 174 g/mol. The molecule has 11 heavy (non-hydrogen) atoms. The van der Waals surface area contributed by atoms with Crippen LogP contribution in [0.3, 0.4) is 0 Å². The van der Waals surface area contributed by atoms with Crippen LogP contribution in [0, 0.1) is 5.92 Å². The van der Waals surface area contributed by atoms with E-state index in [1.165, 1.54) is 32.1 Å². The van der Waals surface area contributed by atoms with Gasteiger partial charge in [0.15, 0.2) is 0 Å². The normalized spacial score (nSPS) is 23.7. The zero-order valence-electron chi connectivity index (χ0n) is 6.95. The van der Waals surface area contributed by atoms with Crippen LogP contribution in [0.2, 0.25) is 0 Å². The molecule has 1 rings (SSSR count). The maximum atomic E-state index is 10.1. The largest absolute Gasteiger partial charge is 0.327 e. The zero-order valence-corrected chi connectivity index (χ0v) is 7.85. The minimum absolute atomic E-state index is 0.167. The first kappa shape index (κ1) is 9.15. The van der Waals surface area contributed by atoms with Crippen molar-refractivity contribution in [2.24, 2.45) is 5.92 Å². The highest BCUT2D eigenvalue weighted by atomic mass is 31.1. The standard InChI is InChI=1S/C8H15O2P/c1-7(10-11-9)8-5-3-2-4-6-8/h7-8H,2-6H2,1H3. The summed E-state index contributed by atoms with van der Waals surface area (Å²) < 4.78 is 15.1. The lowest BCUT2D eigenvalue weighted by molar-refractivity contribution is 0.137. The monoisotopic (exact) mass is 174 g/mol. The van der Waals surface area contributed by atoms with Crippen molar-refractivity contribution < 1.29 is 9.09 Å². The van der Waals surface area contributed by atoms with E-state index in [0.29, 0.717) is 5.92 Å². The second-order valence-electron chi connectivity index (χ2n) is 3.28. The summed E-state index contributed by atoms with van der Waals surface area (Å²) in [6.45, 7) is 2.01. The van der Waals surface area contributed by atoms with Crippen molar-refractivity contribution in [2.75, 3.05) is 0 Å². The van der Waals surface area contributed by atoms with Crippen LogP contribution in [0.1, 0.15) is 39.0 Å². The van der Waals surface area contributed by atoms with E-state index in [2.05, 4.69) is 0 Å². The molecule has 1 unspecified atom stereocenters. The highest BCUT2D eigenvalue weighted by Gasteiger charge is 2.20. The molecule has 0 heterocycles. The molecule has 0 aromatic rings. The van der Waals surface area contributed by atoms with Gasteiger partial charge in [-0.05, 0) is 25.7 Å². The lowest BCUT2D eigenvalue weighted by atomic mass is 9.86. The molecule has 0 aromatic heterocycles. The van der Waals surface area contributed by atoms with Crippen molar-refractivity contribution in [1.82, 2.24) is 0 Å². The van der Waals surface area contributed by atoms with Gasteiger partial charge < -0.3 is 0 Å². The lowest BCUT2D eigenvalue weighted by Gasteiger charge is -2.25. The second-order valence-corrected chi connectivity index (χ2v) is 3.64. The topological polar surface area (TPSA) is 26.3 Å². The van der Waals surface area contributed by atoms with Crippen LogP contribution in [0.15, 0.2) is 0 Å². The Labute approximate surface area is 69.6 Å². The molecule has 0 radical (unpaired) electrons. The van der Waals surface area contributed by atoms with Gasteiger partial charge in [0.2, 0.25) is 0 Å². The summed E-state index contributed by atoms with van der Waals surface area (Å²) in [5.41, 5.74) is 0. The van der Waals surface area contributed by atoms with Gasteiger partial charge in [0.05, 0.1) is 6.10 Å². The molecule has 0 bridgehead atoms. The van der Waals surface area contributed by atoms with Crippen LogP contribution in [0.4, 0.5) is 0 Å². The molecule has 1 aliphatic carbocycles. The van der Waals surface area contributed by atoms with Gasteiger partial charge in [0.25, 0.3) is 0 Å². The maximum Gasteiger partial charge on any atom is 0.327 e. The summed E-state index contributed by atoms with van der Waals surface area (Å²) in [4.78, 5) is 0. The predicted octanol–water partition coefficient (Wildman–Crippen LogP) is 3.18. The summed E-state index contributed by atoms with van der Waals surface area (Å²) >= 11 is 0. The van der Waals surface area contributed by atoms with Crippen molar-refractivity contribution in [1.29, 1.82) is 0 Å². The minimum atomic E-state index is -0.167. The van der Waals surface area contributed by atoms with Gasteiger partial charge in [-0.2, -0.15) is 0 Å². The van der Waals surface area contributed by atoms with Gasteiger partial charge in [0.1, 0.15) is 0 Å². The Hall–Kier alpha value is 0.0600. The summed E-state index contributed by atoms with van der Waals surface area (Å²) in [6.07, 6.45) is 6.66. The van der Waals surface area contributed by atoms with E-state index in [-0.39, 0.29) is 14.8 Å². The van der Waals surface area contributed by atoms with Crippen molar-refractivity contribution in [3.63, 3.8) is 0 Å². The van der Waals surface area contributed by atoms with Crippen molar-refractivity contribution in [3.05, 3.63) is 0 Å². The first-order valence-electron chi connectivity index (χ1n) is 4.33. The van der Waals surface area contributed by atoms with Crippen LogP contribution in [0.5, 0.6) is 0 Å². The van der Waals surface area contributed by atoms with Crippen LogP contribution >= 0.6 is 8.69 Å². The molecule has 0 spiro atoms. The fourth-order valence-electron chi connectivity index (χ4n) is 1.76. The fourth-order valence-corrected chi connectivity index (χ4v) is 2.07. The second kappa shape index (κ2) is 4.84. The van der Waals surface area contributed by atoms with E-state index >= 15 is 0 Å². The molecule has 0 aromatic carbocycles. The SMILES string of the molecule is CC(OP=O)C1CCCCC1. The van der Waals surface area contributed by atoms with Gasteiger partial charge in [0, 0.05) is 0 Å². The van der Waals surface area contributed by atoms with Gasteiger partial charge >= 0.3 is 8.69 Å². The molecule has 0 N–H and O–H groups in total. The molecule has 1 atom stereocenters. The summed E-state index contributed by atoms with van der Waals surface area (Å²) in [7, 11) is -0.167. The number of hydrogen-bond donors (Lipinski definition) is 0. The van der Waals surface area contributed by atoms with Crippen molar-refractivity contribution in [2.45, 2.75) is 45.1 Å². The summed E-state index contributed by atoms with van der Waals surface area (Å²) in [5, 5.41) is 0. The molecule has 64 valence electrons. The average Bonchev–Trinajstić information content (AvgIpc) is 2.07. The molecule has 0 saturated heterocycles. The van der Waals surface area contributed by atoms with Crippen molar-refractivity contribution >= 4 is 8.69 Å². The molecule has 3 heteroatoms.